The number of benzene rings is 2. The van der Waals surface area contributed by atoms with E-state index in [1.165, 1.54) is 25.3 Å². The van der Waals surface area contributed by atoms with Gasteiger partial charge in [0.15, 0.2) is 5.70 Å². The molecule has 148 valence electrons. The molecule has 2 aromatic rings. The molecule has 0 radical (unpaired) electrons. The average Bonchev–Trinajstić information content (AvgIpc) is 2.72. The molecule has 1 N–H and O–H groups in total. The standard InChI is InChI=1S/C23H20ClFN2O2/c1-14-20(23(28)29-3)21(17-11-10-16(25)13-18(17)24)22(26-2)19(27-14)12-9-15-7-5-4-6-8-15/h4-8,10-11,13,21,27H,9,12H2,1,3H3. The molecule has 29 heavy (non-hydrogen) atoms. The average molecular weight is 411 g/mol. The van der Waals surface area contributed by atoms with E-state index >= 15 is 0 Å². The van der Waals surface area contributed by atoms with E-state index in [1.807, 2.05) is 30.3 Å². The Balaban J connectivity index is 2.08. The fourth-order valence-corrected chi connectivity index (χ4v) is 3.82. The predicted octanol–water partition coefficient (Wildman–Crippen LogP) is 5.38. The van der Waals surface area contributed by atoms with Crippen LogP contribution in [0.15, 0.2) is 71.2 Å². The van der Waals surface area contributed by atoms with Crippen LogP contribution in [0.5, 0.6) is 0 Å². The summed E-state index contributed by atoms with van der Waals surface area (Å²) in [6, 6.07) is 13.9. The van der Waals surface area contributed by atoms with Gasteiger partial charge in [0.25, 0.3) is 0 Å². The zero-order valence-corrected chi connectivity index (χ0v) is 16.9. The van der Waals surface area contributed by atoms with Crippen molar-refractivity contribution in [2.24, 2.45) is 0 Å². The molecule has 0 saturated heterocycles. The molecule has 6 heteroatoms. The van der Waals surface area contributed by atoms with Gasteiger partial charge in [-0.2, -0.15) is 0 Å². The van der Waals surface area contributed by atoms with Crippen LogP contribution in [-0.4, -0.2) is 13.1 Å². The molecule has 0 spiro atoms. The Morgan fingerprint density at radius 2 is 1.97 bits per heavy atom. The van der Waals surface area contributed by atoms with E-state index in [-0.39, 0.29) is 5.02 Å². The molecule has 0 amide bonds. The van der Waals surface area contributed by atoms with Crippen LogP contribution in [-0.2, 0) is 16.0 Å². The highest BCUT2D eigenvalue weighted by molar-refractivity contribution is 6.31. The first-order valence-electron chi connectivity index (χ1n) is 9.11. The number of hydrogen-bond acceptors (Lipinski definition) is 3. The molecule has 3 rings (SSSR count). The molecule has 1 heterocycles. The number of ether oxygens (including phenoxy) is 1. The van der Waals surface area contributed by atoms with E-state index in [0.29, 0.717) is 29.0 Å². The van der Waals surface area contributed by atoms with E-state index in [0.717, 1.165) is 17.7 Å². The smallest absolute Gasteiger partial charge is 0.335 e. The van der Waals surface area contributed by atoms with Crippen LogP contribution in [0.2, 0.25) is 5.02 Å². The molecule has 0 fully saturated rings. The molecule has 0 aliphatic carbocycles. The van der Waals surface area contributed by atoms with Gasteiger partial charge in [0.2, 0.25) is 0 Å². The van der Waals surface area contributed by atoms with Gasteiger partial charge in [0.05, 0.1) is 25.2 Å². The summed E-state index contributed by atoms with van der Waals surface area (Å²) in [5.74, 6) is -1.76. The van der Waals surface area contributed by atoms with Gasteiger partial charge in [0.1, 0.15) is 5.82 Å². The molecule has 1 aliphatic heterocycles. The number of esters is 1. The minimum atomic E-state index is -0.722. The van der Waals surface area contributed by atoms with Crippen molar-refractivity contribution in [3.8, 4) is 0 Å². The Labute approximate surface area is 174 Å². The van der Waals surface area contributed by atoms with Crippen molar-refractivity contribution >= 4 is 17.6 Å². The predicted molar refractivity (Wildman–Crippen MR) is 110 cm³/mol. The maximum absolute atomic E-state index is 13.6. The second kappa shape index (κ2) is 8.93. The summed E-state index contributed by atoms with van der Waals surface area (Å²) in [7, 11) is 1.29. The number of rotatable bonds is 5. The van der Waals surface area contributed by atoms with Crippen molar-refractivity contribution in [1.29, 1.82) is 0 Å². The molecule has 0 aromatic heterocycles. The fourth-order valence-electron chi connectivity index (χ4n) is 3.54. The number of dihydropyridines is 1. The Hall–Kier alpha value is -3.10. The van der Waals surface area contributed by atoms with E-state index < -0.39 is 17.7 Å². The summed E-state index contributed by atoms with van der Waals surface area (Å²) >= 11 is 6.31. The summed E-state index contributed by atoms with van der Waals surface area (Å²) < 4.78 is 18.6. The van der Waals surface area contributed by atoms with Gasteiger partial charge in [-0.15, -0.1) is 0 Å². The molecule has 1 aliphatic rings. The van der Waals surface area contributed by atoms with E-state index in [1.54, 1.807) is 6.92 Å². The van der Waals surface area contributed by atoms with Gasteiger partial charge >= 0.3 is 5.97 Å². The summed E-state index contributed by atoms with van der Waals surface area (Å²) in [6.07, 6.45) is 1.32. The maximum atomic E-state index is 13.6. The van der Waals surface area contributed by atoms with Crippen molar-refractivity contribution in [2.45, 2.75) is 25.7 Å². The third kappa shape index (κ3) is 4.33. The third-order valence-electron chi connectivity index (χ3n) is 4.92. The van der Waals surface area contributed by atoms with E-state index in [2.05, 4.69) is 10.2 Å². The molecular formula is C23H20ClFN2O2. The highest BCUT2D eigenvalue weighted by Gasteiger charge is 2.36. The van der Waals surface area contributed by atoms with Crippen molar-refractivity contribution in [1.82, 2.24) is 5.32 Å². The van der Waals surface area contributed by atoms with Crippen LogP contribution in [0.1, 0.15) is 30.4 Å². The molecule has 0 bridgehead atoms. The summed E-state index contributed by atoms with van der Waals surface area (Å²) in [4.78, 5) is 16.3. The van der Waals surface area contributed by atoms with Crippen LogP contribution in [0.25, 0.3) is 4.85 Å². The van der Waals surface area contributed by atoms with Gasteiger partial charge < -0.3 is 10.1 Å². The lowest BCUT2D eigenvalue weighted by molar-refractivity contribution is -0.136. The number of methoxy groups -OCH3 is 1. The number of allylic oxidation sites excluding steroid dienone is 3. The Kier molecular flexibility index (Phi) is 6.36. The number of carbonyl (C=O) groups excluding carboxylic acids is 1. The molecule has 4 nitrogen and oxygen atoms in total. The van der Waals surface area contributed by atoms with Crippen LogP contribution in [0.3, 0.4) is 0 Å². The second-order valence-electron chi connectivity index (χ2n) is 6.72. The van der Waals surface area contributed by atoms with Crippen LogP contribution in [0.4, 0.5) is 4.39 Å². The van der Waals surface area contributed by atoms with Gasteiger partial charge in [-0.3, -0.25) is 0 Å². The highest BCUT2D eigenvalue weighted by atomic mass is 35.5. The normalized spacial score (nSPS) is 16.3. The van der Waals surface area contributed by atoms with Crippen molar-refractivity contribution in [3.63, 3.8) is 0 Å². The SMILES string of the molecule is [C-]#[N+]C1=C(CCc2ccccc2)NC(C)=C(C(=O)OC)C1c1ccc(F)cc1Cl. The molecule has 1 atom stereocenters. The van der Waals surface area contributed by atoms with Crippen LogP contribution >= 0.6 is 11.6 Å². The van der Waals surface area contributed by atoms with Crippen molar-refractivity contribution in [3.05, 3.63) is 105 Å². The molecule has 0 saturated carbocycles. The summed E-state index contributed by atoms with van der Waals surface area (Å²) in [5, 5.41) is 3.37. The van der Waals surface area contributed by atoms with Crippen molar-refractivity contribution in [2.75, 3.05) is 7.11 Å². The van der Waals surface area contributed by atoms with Crippen LogP contribution < -0.4 is 5.32 Å². The minimum absolute atomic E-state index is 0.162. The lowest BCUT2D eigenvalue weighted by Gasteiger charge is -2.30. The topological polar surface area (TPSA) is 42.7 Å². The second-order valence-corrected chi connectivity index (χ2v) is 7.12. The minimum Gasteiger partial charge on any atom is -0.466 e. The monoisotopic (exact) mass is 410 g/mol. The largest absolute Gasteiger partial charge is 0.466 e. The molecular weight excluding hydrogens is 391 g/mol. The number of nitrogens with one attached hydrogen (secondary N) is 1. The maximum Gasteiger partial charge on any atom is 0.335 e. The zero-order chi connectivity index (χ0) is 21.0. The Morgan fingerprint density at radius 1 is 1.24 bits per heavy atom. The highest BCUT2D eigenvalue weighted by Crippen LogP contribution is 2.42. The van der Waals surface area contributed by atoms with Crippen LogP contribution in [0, 0.1) is 12.4 Å². The van der Waals surface area contributed by atoms with E-state index in [4.69, 9.17) is 22.9 Å². The fraction of sp³-hybridized carbons (Fsp3) is 0.217. The number of aryl methyl sites for hydroxylation is 1. The zero-order valence-electron chi connectivity index (χ0n) is 16.1. The number of carbonyl (C=O) groups is 1. The lowest BCUT2D eigenvalue weighted by atomic mass is 9.83. The molecule has 1 unspecified atom stereocenters. The first-order chi connectivity index (χ1) is 14.0. The molecule has 2 aromatic carbocycles. The first-order valence-corrected chi connectivity index (χ1v) is 9.49. The quantitative estimate of drug-likeness (QED) is 0.531. The summed E-state index contributed by atoms with van der Waals surface area (Å²) in [6.45, 7) is 9.56. The number of halogens is 2. The van der Waals surface area contributed by atoms with Gasteiger partial charge in [0, 0.05) is 16.4 Å². The van der Waals surface area contributed by atoms with Crippen molar-refractivity contribution < 1.29 is 13.9 Å². The number of hydrogen-bond donors (Lipinski definition) is 1. The third-order valence-corrected chi connectivity index (χ3v) is 5.25. The Bertz CT molecular complexity index is 1040. The van der Waals surface area contributed by atoms with Gasteiger partial charge in [-0.1, -0.05) is 48.0 Å². The summed E-state index contributed by atoms with van der Waals surface area (Å²) in [5.41, 5.74) is 3.62. The lowest BCUT2D eigenvalue weighted by Crippen LogP contribution is -2.29. The van der Waals surface area contributed by atoms with Gasteiger partial charge in [-0.05, 0) is 43.0 Å². The first kappa shape index (κ1) is 20.6. The number of nitrogens with zero attached hydrogens (tertiary/aromatic N) is 1. The van der Waals surface area contributed by atoms with Gasteiger partial charge in [-0.25, -0.2) is 14.0 Å². The van der Waals surface area contributed by atoms with E-state index in [9.17, 15) is 9.18 Å². The Morgan fingerprint density at radius 3 is 2.59 bits per heavy atom.